The molecule has 2 amide bonds. The number of rotatable bonds is 7. The van der Waals surface area contributed by atoms with Gasteiger partial charge in [-0.2, -0.15) is 0 Å². The zero-order valence-corrected chi connectivity index (χ0v) is 20.6. The van der Waals surface area contributed by atoms with Crippen molar-refractivity contribution in [2.24, 2.45) is 0 Å². The summed E-state index contributed by atoms with van der Waals surface area (Å²) in [6.07, 6.45) is 2.54. The zero-order chi connectivity index (χ0) is 24.4. The highest BCUT2D eigenvalue weighted by Gasteiger charge is 2.34. The summed E-state index contributed by atoms with van der Waals surface area (Å²) in [4.78, 5) is 38.9. The van der Waals surface area contributed by atoms with Gasteiger partial charge in [0, 0.05) is 45.5 Å². The SMILES string of the molecule is CCCN1C(=O)S/C(=C\c2cc(C)n(-c3ccc(Sc4ccc([N+](=O)[O-])cc4)cc3)c2C)C1=O. The summed E-state index contributed by atoms with van der Waals surface area (Å²) in [6, 6.07) is 16.6. The van der Waals surface area contributed by atoms with E-state index in [1.807, 2.05) is 51.1 Å². The summed E-state index contributed by atoms with van der Waals surface area (Å²) < 4.78 is 2.11. The molecule has 1 saturated heterocycles. The number of hydrogen-bond acceptors (Lipinski definition) is 6. The number of amides is 2. The van der Waals surface area contributed by atoms with Crippen molar-refractivity contribution in [1.29, 1.82) is 0 Å². The van der Waals surface area contributed by atoms with E-state index in [2.05, 4.69) is 4.57 Å². The lowest BCUT2D eigenvalue weighted by Gasteiger charge is -2.11. The fourth-order valence-corrected chi connectivity index (χ4v) is 5.50. The van der Waals surface area contributed by atoms with Crippen LogP contribution in [-0.2, 0) is 4.79 Å². The first-order chi connectivity index (χ1) is 16.3. The third kappa shape index (κ3) is 4.80. The minimum atomic E-state index is -0.407. The van der Waals surface area contributed by atoms with Gasteiger partial charge in [0.2, 0.25) is 0 Å². The Labute approximate surface area is 206 Å². The van der Waals surface area contributed by atoms with E-state index in [1.54, 1.807) is 18.2 Å². The van der Waals surface area contributed by atoms with Gasteiger partial charge < -0.3 is 4.57 Å². The summed E-state index contributed by atoms with van der Waals surface area (Å²) >= 11 is 2.52. The highest BCUT2D eigenvalue weighted by Crippen LogP contribution is 2.34. The molecule has 1 fully saturated rings. The second-order valence-corrected chi connectivity index (χ2v) is 9.98. The van der Waals surface area contributed by atoms with Crippen LogP contribution in [0, 0.1) is 24.0 Å². The van der Waals surface area contributed by atoms with Crippen molar-refractivity contribution in [3.05, 3.63) is 86.6 Å². The smallest absolute Gasteiger partial charge is 0.293 e. The van der Waals surface area contributed by atoms with Crippen LogP contribution in [0.2, 0.25) is 0 Å². The molecule has 2 aromatic carbocycles. The molecule has 34 heavy (non-hydrogen) atoms. The van der Waals surface area contributed by atoms with Crippen LogP contribution in [0.15, 0.2) is 69.3 Å². The molecule has 1 aromatic heterocycles. The van der Waals surface area contributed by atoms with Crippen LogP contribution in [0.5, 0.6) is 0 Å². The molecule has 2 heterocycles. The highest BCUT2D eigenvalue weighted by atomic mass is 32.2. The number of thioether (sulfide) groups is 1. The Hall–Kier alpha value is -3.30. The summed E-state index contributed by atoms with van der Waals surface area (Å²) in [5.41, 5.74) is 3.97. The van der Waals surface area contributed by atoms with Crippen LogP contribution in [-0.4, -0.2) is 32.1 Å². The van der Waals surface area contributed by atoms with E-state index < -0.39 is 4.92 Å². The van der Waals surface area contributed by atoms with Gasteiger partial charge in [-0.15, -0.1) is 0 Å². The van der Waals surface area contributed by atoms with E-state index in [9.17, 15) is 19.7 Å². The van der Waals surface area contributed by atoms with Crippen molar-refractivity contribution in [2.45, 2.75) is 37.0 Å². The van der Waals surface area contributed by atoms with E-state index in [-0.39, 0.29) is 16.8 Å². The van der Waals surface area contributed by atoms with Gasteiger partial charge in [0.05, 0.1) is 9.83 Å². The maximum atomic E-state index is 12.6. The van der Waals surface area contributed by atoms with Crippen LogP contribution < -0.4 is 0 Å². The average Bonchev–Trinajstić information content (AvgIpc) is 3.24. The predicted molar refractivity (Wildman–Crippen MR) is 135 cm³/mol. The van der Waals surface area contributed by atoms with Crippen LogP contribution in [0.1, 0.15) is 30.3 Å². The molecule has 0 spiro atoms. The fourth-order valence-electron chi connectivity index (χ4n) is 3.82. The van der Waals surface area contributed by atoms with Gasteiger partial charge >= 0.3 is 0 Å². The second kappa shape index (κ2) is 9.90. The molecule has 9 heteroatoms. The Morgan fingerprint density at radius 2 is 1.65 bits per heavy atom. The molecule has 3 aromatic rings. The number of benzene rings is 2. The van der Waals surface area contributed by atoms with Gasteiger partial charge in [-0.1, -0.05) is 18.7 Å². The summed E-state index contributed by atoms with van der Waals surface area (Å²) in [5.74, 6) is -0.228. The first-order valence-corrected chi connectivity index (χ1v) is 12.4. The number of aromatic nitrogens is 1. The molecule has 0 bridgehead atoms. The Morgan fingerprint density at radius 3 is 2.24 bits per heavy atom. The lowest BCUT2D eigenvalue weighted by molar-refractivity contribution is -0.384. The number of carbonyl (C=O) groups is 2. The van der Waals surface area contributed by atoms with Gasteiger partial charge in [-0.05, 0) is 86.1 Å². The number of imide groups is 1. The number of carbonyl (C=O) groups excluding carboxylic acids is 2. The maximum absolute atomic E-state index is 12.6. The number of non-ortho nitro benzene ring substituents is 1. The Bertz CT molecular complexity index is 1290. The second-order valence-electron chi connectivity index (χ2n) is 7.84. The number of nitrogens with zero attached hydrogens (tertiary/aromatic N) is 3. The first-order valence-electron chi connectivity index (χ1n) is 10.8. The van der Waals surface area contributed by atoms with Crippen molar-refractivity contribution in [2.75, 3.05) is 6.54 Å². The zero-order valence-electron chi connectivity index (χ0n) is 19.0. The minimum absolute atomic E-state index is 0.0733. The lowest BCUT2D eigenvalue weighted by atomic mass is 10.2. The number of aryl methyl sites for hydroxylation is 1. The van der Waals surface area contributed by atoms with E-state index in [0.29, 0.717) is 11.4 Å². The Kier molecular flexibility index (Phi) is 6.95. The predicted octanol–water partition coefficient (Wildman–Crippen LogP) is 6.60. The summed E-state index contributed by atoms with van der Waals surface area (Å²) in [7, 11) is 0. The molecule has 1 aliphatic heterocycles. The normalized spacial score (nSPS) is 14.9. The first kappa shape index (κ1) is 23.8. The minimum Gasteiger partial charge on any atom is -0.318 e. The van der Waals surface area contributed by atoms with Crippen molar-refractivity contribution < 1.29 is 14.5 Å². The van der Waals surface area contributed by atoms with Crippen molar-refractivity contribution in [3.8, 4) is 5.69 Å². The molecule has 0 aliphatic carbocycles. The topological polar surface area (TPSA) is 85.4 Å². The quantitative estimate of drug-likeness (QED) is 0.209. The van der Waals surface area contributed by atoms with Crippen molar-refractivity contribution in [1.82, 2.24) is 9.47 Å². The van der Waals surface area contributed by atoms with E-state index >= 15 is 0 Å². The molecule has 4 rings (SSSR count). The average molecular weight is 494 g/mol. The number of nitro benzene ring substituents is 1. The lowest BCUT2D eigenvalue weighted by Crippen LogP contribution is -2.28. The van der Waals surface area contributed by atoms with Gasteiger partial charge in [-0.25, -0.2) is 0 Å². The molecular formula is C25H23N3O4S2. The molecule has 0 atom stereocenters. The molecule has 0 saturated carbocycles. The van der Waals surface area contributed by atoms with Gasteiger partial charge in [-0.3, -0.25) is 24.6 Å². The van der Waals surface area contributed by atoms with Crippen molar-refractivity contribution in [3.63, 3.8) is 0 Å². The standard InChI is InChI=1S/C25H23N3O4S2/c1-4-13-26-24(29)23(34-25(26)30)15-18-14-16(2)27(17(18)3)19-5-9-21(10-6-19)33-22-11-7-20(8-12-22)28(31)32/h5-12,14-15H,4,13H2,1-3H3/b23-15-. The Balaban J connectivity index is 1.55. The highest BCUT2D eigenvalue weighted by molar-refractivity contribution is 8.18. The molecule has 7 nitrogen and oxygen atoms in total. The van der Waals surface area contributed by atoms with Gasteiger partial charge in [0.25, 0.3) is 16.8 Å². The maximum Gasteiger partial charge on any atom is 0.293 e. The molecule has 0 unspecified atom stereocenters. The van der Waals surface area contributed by atoms with E-state index in [0.717, 1.165) is 50.6 Å². The monoisotopic (exact) mass is 493 g/mol. The summed E-state index contributed by atoms with van der Waals surface area (Å²) in [6.45, 7) is 6.38. The molecule has 1 aliphatic rings. The largest absolute Gasteiger partial charge is 0.318 e. The van der Waals surface area contributed by atoms with Gasteiger partial charge in [0.1, 0.15) is 0 Å². The van der Waals surface area contributed by atoms with Crippen molar-refractivity contribution >= 4 is 46.4 Å². The van der Waals surface area contributed by atoms with Crippen LogP contribution in [0.25, 0.3) is 11.8 Å². The number of hydrogen-bond donors (Lipinski definition) is 0. The molecular weight excluding hydrogens is 470 g/mol. The van der Waals surface area contributed by atoms with Crippen LogP contribution in [0.4, 0.5) is 10.5 Å². The molecule has 0 N–H and O–H groups in total. The van der Waals surface area contributed by atoms with Crippen LogP contribution in [0.3, 0.4) is 0 Å². The fraction of sp³-hybridized carbons (Fsp3) is 0.200. The summed E-state index contributed by atoms with van der Waals surface area (Å²) in [5, 5.41) is 10.6. The van der Waals surface area contributed by atoms with E-state index in [4.69, 9.17) is 0 Å². The molecule has 0 radical (unpaired) electrons. The molecule has 174 valence electrons. The third-order valence-corrected chi connectivity index (χ3v) is 7.38. The third-order valence-electron chi connectivity index (χ3n) is 5.46. The van der Waals surface area contributed by atoms with Crippen LogP contribution >= 0.6 is 23.5 Å². The Morgan fingerprint density at radius 1 is 1.03 bits per heavy atom. The van der Waals surface area contributed by atoms with Gasteiger partial charge in [0.15, 0.2) is 0 Å². The number of nitro groups is 1. The van der Waals surface area contributed by atoms with E-state index in [1.165, 1.54) is 28.8 Å².